The number of benzene rings is 1. The van der Waals surface area contributed by atoms with Crippen LogP contribution in [0.3, 0.4) is 0 Å². The number of aliphatic imine (C=N–C) groups is 1. The SMILES string of the molecule is CCNC(=NCc1ccc(F)c(Cl)c1)NCCn1cccc1.I. The Morgan fingerprint density at radius 3 is 2.65 bits per heavy atom. The molecule has 0 atom stereocenters. The Hall–Kier alpha value is -1.28. The third-order valence-electron chi connectivity index (χ3n) is 3.08. The standard InChI is InChI=1S/C16H20ClFN4.HI/c1-2-19-16(20-7-10-22-8-3-4-9-22)21-12-13-5-6-15(18)14(17)11-13;/h3-6,8-9,11H,2,7,10,12H2,1H3,(H2,19,20,21);1H. The molecule has 2 N–H and O–H groups in total. The van der Waals surface area contributed by atoms with E-state index in [0.717, 1.165) is 31.2 Å². The van der Waals surface area contributed by atoms with Gasteiger partial charge in [-0.15, -0.1) is 24.0 Å². The molecule has 7 heteroatoms. The van der Waals surface area contributed by atoms with Gasteiger partial charge in [-0.3, -0.25) is 0 Å². The van der Waals surface area contributed by atoms with E-state index in [1.807, 2.05) is 31.5 Å². The van der Waals surface area contributed by atoms with Gasteiger partial charge in [0.15, 0.2) is 5.96 Å². The molecule has 0 saturated heterocycles. The third kappa shape index (κ3) is 6.78. The lowest BCUT2D eigenvalue weighted by Gasteiger charge is -2.11. The summed E-state index contributed by atoms with van der Waals surface area (Å²) in [5.41, 5.74) is 0.869. The first-order valence-electron chi connectivity index (χ1n) is 7.26. The predicted molar refractivity (Wildman–Crippen MR) is 104 cm³/mol. The van der Waals surface area contributed by atoms with Gasteiger partial charge in [0, 0.05) is 32.0 Å². The topological polar surface area (TPSA) is 41.4 Å². The minimum Gasteiger partial charge on any atom is -0.357 e. The Morgan fingerprint density at radius 2 is 2.00 bits per heavy atom. The molecule has 0 aliphatic heterocycles. The minimum atomic E-state index is -0.411. The number of hydrogen-bond donors (Lipinski definition) is 2. The molecule has 0 amide bonds. The van der Waals surface area contributed by atoms with Crippen LogP contribution in [0.15, 0.2) is 47.7 Å². The van der Waals surface area contributed by atoms with E-state index in [0.29, 0.717) is 6.54 Å². The highest BCUT2D eigenvalue weighted by molar-refractivity contribution is 14.0. The molecule has 0 spiro atoms. The van der Waals surface area contributed by atoms with Crippen LogP contribution in [-0.2, 0) is 13.1 Å². The minimum absolute atomic E-state index is 0. The van der Waals surface area contributed by atoms with Crippen molar-refractivity contribution in [2.45, 2.75) is 20.0 Å². The van der Waals surface area contributed by atoms with Crippen molar-refractivity contribution < 1.29 is 4.39 Å². The lowest BCUT2D eigenvalue weighted by molar-refractivity contribution is 0.627. The van der Waals surface area contributed by atoms with Crippen LogP contribution < -0.4 is 10.6 Å². The van der Waals surface area contributed by atoms with Crippen LogP contribution in [0, 0.1) is 5.82 Å². The van der Waals surface area contributed by atoms with Crippen molar-refractivity contribution in [3.05, 3.63) is 59.1 Å². The molecular formula is C16H21ClFIN4. The maximum atomic E-state index is 13.1. The second-order valence-corrected chi connectivity index (χ2v) is 5.20. The third-order valence-corrected chi connectivity index (χ3v) is 3.37. The number of nitrogens with one attached hydrogen (secondary N) is 2. The molecule has 126 valence electrons. The Bertz CT molecular complexity index is 617. The van der Waals surface area contributed by atoms with Crippen molar-refractivity contribution in [1.82, 2.24) is 15.2 Å². The van der Waals surface area contributed by atoms with Crippen molar-refractivity contribution in [3.63, 3.8) is 0 Å². The van der Waals surface area contributed by atoms with Crippen molar-refractivity contribution in [2.75, 3.05) is 13.1 Å². The molecule has 0 fully saturated rings. The molecule has 1 aromatic carbocycles. The molecule has 1 aromatic heterocycles. The van der Waals surface area contributed by atoms with E-state index >= 15 is 0 Å². The fourth-order valence-corrected chi connectivity index (χ4v) is 2.18. The Labute approximate surface area is 158 Å². The zero-order valence-electron chi connectivity index (χ0n) is 12.9. The van der Waals surface area contributed by atoms with Crippen LogP contribution in [0.1, 0.15) is 12.5 Å². The average Bonchev–Trinajstić information content (AvgIpc) is 3.01. The number of halogens is 3. The van der Waals surface area contributed by atoms with Gasteiger partial charge in [0.1, 0.15) is 5.82 Å². The van der Waals surface area contributed by atoms with Gasteiger partial charge in [-0.1, -0.05) is 17.7 Å². The maximum absolute atomic E-state index is 13.1. The average molecular weight is 451 g/mol. The predicted octanol–water partition coefficient (Wildman–Crippen LogP) is 3.65. The van der Waals surface area contributed by atoms with Gasteiger partial charge in [-0.05, 0) is 36.8 Å². The summed E-state index contributed by atoms with van der Waals surface area (Å²) in [7, 11) is 0. The number of nitrogens with zero attached hydrogens (tertiary/aromatic N) is 2. The summed E-state index contributed by atoms with van der Waals surface area (Å²) in [6, 6.07) is 8.65. The van der Waals surface area contributed by atoms with E-state index in [2.05, 4.69) is 20.2 Å². The van der Waals surface area contributed by atoms with E-state index < -0.39 is 5.82 Å². The number of rotatable bonds is 6. The molecule has 0 unspecified atom stereocenters. The fraction of sp³-hybridized carbons (Fsp3) is 0.312. The summed E-state index contributed by atoms with van der Waals surface area (Å²) in [5.74, 6) is 0.321. The molecule has 0 radical (unpaired) electrons. The molecule has 4 nitrogen and oxygen atoms in total. The second kappa shape index (κ2) is 10.5. The van der Waals surface area contributed by atoms with E-state index in [9.17, 15) is 4.39 Å². The zero-order valence-corrected chi connectivity index (χ0v) is 16.0. The van der Waals surface area contributed by atoms with E-state index in [1.54, 1.807) is 12.1 Å². The molecule has 0 saturated carbocycles. The van der Waals surface area contributed by atoms with Gasteiger partial charge in [0.05, 0.1) is 11.6 Å². The molecular weight excluding hydrogens is 430 g/mol. The summed E-state index contributed by atoms with van der Waals surface area (Å²) < 4.78 is 15.2. The number of aromatic nitrogens is 1. The van der Waals surface area contributed by atoms with Gasteiger partial charge in [-0.25, -0.2) is 9.38 Å². The van der Waals surface area contributed by atoms with Gasteiger partial charge in [0.2, 0.25) is 0 Å². The highest BCUT2D eigenvalue weighted by atomic mass is 127. The Kier molecular flexibility index (Phi) is 9.01. The molecule has 1 heterocycles. The quantitative estimate of drug-likeness (QED) is 0.401. The lowest BCUT2D eigenvalue weighted by Crippen LogP contribution is -2.38. The summed E-state index contributed by atoms with van der Waals surface area (Å²) in [6.07, 6.45) is 4.04. The monoisotopic (exact) mass is 450 g/mol. The molecule has 2 rings (SSSR count). The number of guanidine groups is 1. The van der Waals surface area contributed by atoms with Gasteiger partial charge >= 0.3 is 0 Å². The van der Waals surface area contributed by atoms with Gasteiger partial charge in [-0.2, -0.15) is 0 Å². The molecule has 2 aromatic rings. The second-order valence-electron chi connectivity index (χ2n) is 4.79. The molecule has 23 heavy (non-hydrogen) atoms. The fourth-order valence-electron chi connectivity index (χ4n) is 1.97. The summed E-state index contributed by atoms with van der Waals surface area (Å²) in [6.45, 7) is 4.86. The van der Waals surface area contributed by atoms with Crippen molar-refractivity contribution in [2.24, 2.45) is 4.99 Å². The smallest absolute Gasteiger partial charge is 0.191 e. The van der Waals surface area contributed by atoms with Gasteiger partial charge < -0.3 is 15.2 Å². The zero-order chi connectivity index (χ0) is 15.8. The first kappa shape index (κ1) is 19.8. The van der Waals surface area contributed by atoms with E-state index in [-0.39, 0.29) is 29.0 Å². The first-order chi connectivity index (χ1) is 10.7. The Balaban J connectivity index is 0.00000264. The van der Waals surface area contributed by atoms with Crippen LogP contribution in [0.2, 0.25) is 5.02 Å². The van der Waals surface area contributed by atoms with Crippen LogP contribution in [0.25, 0.3) is 0 Å². The first-order valence-corrected chi connectivity index (χ1v) is 7.63. The Morgan fingerprint density at radius 1 is 1.26 bits per heavy atom. The van der Waals surface area contributed by atoms with E-state index in [4.69, 9.17) is 11.6 Å². The van der Waals surface area contributed by atoms with Crippen LogP contribution >= 0.6 is 35.6 Å². The molecule has 0 aliphatic carbocycles. The maximum Gasteiger partial charge on any atom is 0.191 e. The van der Waals surface area contributed by atoms with Crippen molar-refractivity contribution >= 4 is 41.5 Å². The van der Waals surface area contributed by atoms with Gasteiger partial charge in [0.25, 0.3) is 0 Å². The lowest BCUT2D eigenvalue weighted by atomic mass is 10.2. The summed E-state index contributed by atoms with van der Waals surface area (Å²) in [4.78, 5) is 4.48. The van der Waals surface area contributed by atoms with Crippen LogP contribution in [0.5, 0.6) is 0 Å². The normalized spacial score (nSPS) is 11.0. The van der Waals surface area contributed by atoms with E-state index in [1.165, 1.54) is 6.07 Å². The summed E-state index contributed by atoms with van der Waals surface area (Å²) in [5, 5.41) is 6.57. The molecule has 0 aliphatic rings. The van der Waals surface area contributed by atoms with Crippen LogP contribution in [-0.4, -0.2) is 23.6 Å². The molecule has 0 bridgehead atoms. The number of hydrogen-bond acceptors (Lipinski definition) is 1. The van der Waals surface area contributed by atoms with Crippen LogP contribution in [0.4, 0.5) is 4.39 Å². The van der Waals surface area contributed by atoms with Crippen molar-refractivity contribution in [3.8, 4) is 0 Å². The van der Waals surface area contributed by atoms with Crippen molar-refractivity contribution in [1.29, 1.82) is 0 Å². The largest absolute Gasteiger partial charge is 0.357 e. The highest BCUT2D eigenvalue weighted by Crippen LogP contribution is 2.16. The highest BCUT2D eigenvalue weighted by Gasteiger charge is 2.01. The summed E-state index contributed by atoms with van der Waals surface area (Å²) >= 11 is 5.77.